The van der Waals surface area contributed by atoms with E-state index in [-0.39, 0.29) is 31.6 Å². The zero-order valence-corrected chi connectivity index (χ0v) is 16.5. The molecular formula is C21H28N2O6. The minimum Gasteiger partial charge on any atom is -0.483 e. The minimum atomic E-state index is -1.59. The maximum atomic E-state index is 13.0. The van der Waals surface area contributed by atoms with Gasteiger partial charge >= 0.3 is 0 Å². The molecule has 8 nitrogen and oxygen atoms in total. The average molecular weight is 404 g/mol. The molecule has 1 saturated heterocycles. The summed E-state index contributed by atoms with van der Waals surface area (Å²) in [6, 6.07) is 7.01. The van der Waals surface area contributed by atoms with E-state index in [1.54, 1.807) is 0 Å². The molecule has 3 heterocycles. The lowest BCUT2D eigenvalue weighted by Crippen LogP contribution is -2.66. The Labute approximate surface area is 169 Å². The van der Waals surface area contributed by atoms with Crippen LogP contribution in [0.4, 0.5) is 0 Å². The first-order chi connectivity index (χ1) is 14.0. The predicted molar refractivity (Wildman–Crippen MR) is 104 cm³/mol. The first kappa shape index (κ1) is 20.1. The number of rotatable bonds is 2. The summed E-state index contributed by atoms with van der Waals surface area (Å²) in [6.45, 7) is -0.326. The van der Waals surface area contributed by atoms with Crippen molar-refractivity contribution >= 4 is 5.91 Å². The second-order valence-electron chi connectivity index (χ2n) is 8.36. The van der Waals surface area contributed by atoms with Gasteiger partial charge in [0.25, 0.3) is 11.4 Å². The Bertz CT molecular complexity index is 763. The molecule has 0 radical (unpaired) electrons. The van der Waals surface area contributed by atoms with Gasteiger partial charge < -0.3 is 19.5 Å². The average Bonchev–Trinajstić information content (AvgIpc) is 2.77. The van der Waals surface area contributed by atoms with Crippen molar-refractivity contribution in [1.82, 2.24) is 4.90 Å². The number of para-hydroxylation sites is 1. The van der Waals surface area contributed by atoms with E-state index in [4.69, 9.17) is 9.47 Å². The second-order valence-corrected chi connectivity index (χ2v) is 8.36. The monoisotopic (exact) mass is 404 g/mol. The van der Waals surface area contributed by atoms with Crippen LogP contribution in [0.15, 0.2) is 24.3 Å². The fraction of sp³-hybridized carbons (Fsp3) is 0.667. The number of fused-ring (bicyclic) bond motifs is 5. The summed E-state index contributed by atoms with van der Waals surface area (Å²) in [5, 5.41) is 21.9. The van der Waals surface area contributed by atoms with E-state index in [0.29, 0.717) is 24.6 Å². The molecule has 29 heavy (non-hydrogen) atoms. The van der Waals surface area contributed by atoms with Crippen molar-refractivity contribution in [2.45, 2.75) is 62.1 Å². The van der Waals surface area contributed by atoms with Crippen molar-refractivity contribution in [2.24, 2.45) is 0 Å². The molecule has 1 amide bonds. The summed E-state index contributed by atoms with van der Waals surface area (Å²) in [5.41, 5.74) is -0.480. The number of carbonyl (C=O) groups excluding carboxylic acids is 1. The summed E-state index contributed by atoms with van der Waals surface area (Å²) >= 11 is 0. The number of nitrogens with zero attached hydrogens (tertiary/aromatic N) is 2. The number of hydrogen-bond acceptors (Lipinski definition) is 6. The van der Waals surface area contributed by atoms with Gasteiger partial charge in [0.15, 0.2) is 6.61 Å². The summed E-state index contributed by atoms with van der Waals surface area (Å²) in [7, 11) is 0. The zero-order valence-electron chi connectivity index (χ0n) is 16.5. The van der Waals surface area contributed by atoms with Gasteiger partial charge in [0, 0.05) is 17.9 Å². The fourth-order valence-corrected chi connectivity index (χ4v) is 5.11. The third kappa shape index (κ3) is 3.71. The number of nitro groups is 1. The Hall–Kier alpha value is -2.19. The summed E-state index contributed by atoms with van der Waals surface area (Å²) in [6.07, 6.45) is 4.34. The second kappa shape index (κ2) is 8.28. The third-order valence-electron chi connectivity index (χ3n) is 6.84. The SMILES string of the molecule is O=C1COc2ccccc2C2CCC(CC2)OC[C@@H]2N1CCC[C@]2(CO)[N+](=O)[O-]. The van der Waals surface area contributed by atoms with Crippen LogP contribution < -0.4 is 4.74 Å². The van der Waals surface area contributed by atoms with Crippen molar-refractivity contribution in [3.05, 3.63) is 39.9 Å². The summed E-state index contributed by atoms with van der Waals surface area (Å²) in [5.74, 6) is 0.764. The fourth-order valence-electron chi connectivity index (χ4n) is 5.11. The first-order valence-corrected chi connectivity index (χ1v) is 10.4. The molecule has 2 bridgehead atoms. The quantitative estimate of drug-likeness (QED) is 0.598. The van der Waals surface area contributed by atoms with Gasteiger partial charge in [0.2, 0.25) is 0 Å². The van der Waals surface area contributed by atoms with Crippen molar-refractivity contribution in [3.63, 3.8) is 0 Å². The Morgan fingerprint density at radius 2 is 2.00 bits per heavy atom. The lowest BCUT2D eigenvalue weighted by Gasteiger charge is -2.43. The standard InChI is InChI=1S/C21H28N2O6/c24-14-21(23(26)27)10-3-11-22-19(21)12-28-16-8-6-15(7-9-16)17-4-1-2-5-18(17)29-13-20(22)25/h1-2,4-5,15-16,19,24H,3,6-14H2/t15?,16?,19-,21+/m0/s1. The first-order valence-electron chi connectivity index (χ1n) is 10.4. The molecule has 1 saturated carbocycles. The van der Waals surface area contributed by atoms with Crippen molar-refractivity contribution in [2.75, 3.05) is 26.4 Å². The van der Waals surface area contributed by atoms with Gasteiger partial charge in [-0.05, 0) is 49.7 Å². The van der Waals surface area contributed by atoms with Crippen LogP contribution in [0.3, 0.4) is 0 Å². The smallest absolute Gasteiger partial charge is 0.267 e. The van der Waals surface area contributed by atoms with Gasteiger partial charge in [-0.3, -0.25) is 14.9 Å². The van der Waals surface area contributed by atoms with Crippen LogP contribution in [-0.4, -0.2) is 64.9 Å². The number of amides is 1. The van der Waals surface area contributed by atoms with Crippen LogP contribution in [-0.2, 0) is 9.53 Å². The van der Waals surface area contributed by atoms with E-state index >= 15 is 0 Å². The largest absolute Gasteiger partial charge is 0.483 e. The van der Waals surface area contributed by atoms with E-state index in [2.05, 4.69) is 6.07 Å². The van der Waals surface area contributed by atoms with E-state index in [1.807, 2.05) is 18.2 Å². The number of carbonyl (C=O) groups is 1. The lowest BCUT2D eigenvalue weighted by atomic mass is 9.81. The topological polar surface area (TPSA) is 102 Å². The molecule has 4 aliphatic rings. The molecule has 5 rings (SSSR count). The van der Waals surface area contributed by atoms with Crippen LogP contribution in [0.25, 0.3) is 0 Å². The highest BCUT2D eigenvalue weighted by Crippen LogP contribution is 2.39. The van der Waals surface area contributed by atoms with Gasteiger partial charge in [-0.2, -0.15) is 0 Å². The number of aliphatic hydroxyl groups excluding tert-OH is 1. The molecule has 0 spiro atoms. The normalized spacial score (nSPS) is 32.8. The number of benzene rings is 1. The van der Waals surface area contributed by atoms with Gasteiger partial charge in [0.1, 0.15) is 18.4 Å². The Balaban J connectivity index is 1.67. The molecule has 2 atom stereocenters. The highest BCUT2D eigenvalue weighted by Gasteiger charge is 2.56. The van der Waals surface area contributed by atoms with Gasteiger partial charge in [-0.1, -0.05) is 18.2 Å². The zero-order chi connectivity index (χ0) is 20.4. The molecule has 0 unspecified atom stereocenters. The van der Waals surface area contributed by atoms with Crippen LogP contribution in [0.5, 0.6) is 5.75 Å². The minimum absolute atomic E-state index is 0.0158. The number of ether oxygens (including phenoxy) is 2. The van der Waals surface area contributed by atoms with Crippen LogP contribution in [0, 0.1) is 10.1 Å². The molecule has 1 aliphatic carbocycles. The highest BCUT2D eigenvalue weighted by atomic mass is 16.6. The van der Waals surface area contributed by atoms with Crippen molar-refractivity contribution < 1.29 is 24.3 Å². The molecule has 8 heteroatoms. The summed E-state index contributed by atoms with van der Waals surface area (Å²) in [4.78, 5) is 26.0. The van der Waals surface area contributed by atoms with Crippen molar-refractivity contribution in [1.29, 1.82) is 0 Å². The molecule has 1 aromatic rings. The van der Waals surface area contributed by atoms with Gasteiger partial charge in [-0.15, -0.1) is 0 Å². The van der Waals surface area contributed by atoms with E-state index in [9.17, 15) is 20.0 Å². The third-order valence-corrected chi connectivity index (χ3v) is 6.84. The highest BCUT2D eigenvalue weighted by molar-refractivity contribution is 5.78. The number of hydrogen-bond donors (Lipinski definition) is 1. The Morgan fingerprint density at radius 1 is 1.24 bits per heavy atom. The maximum Gasteiger partial charge on any atom is 0.267 e. The molecule has 3 aliphatic heterocycles. The van der Waals surface area contributed by atoms with E-state index in [0.717, 1.165) is 31.2 Å². The number of piperidine rings is 1. The van der Waals surface area contributed by atoms with Gasteiger partial charge in [-0.25, -0.2) is 0 Å². The molecular weight excluding hydrogens is 376 g/mol. The maximum absolute atomic E-state index is 13.0. The van der Waals surface area contributed by atoms with E-state index in [1.165, 1.54) is 4.90 Å². The summed E-state index contributed by atoms with van der Waals surface area (Å²) < 4.78 is 12.0. The molecule has 2 fully saturated rings. The number of aliphatic hydroxyl groups is 1. The Kier molecular flexibility index (Phi) is 5.74. The molecule has 0 aromatic heterocycles. The molecule has 1 aromatic carbocycles. The van der Waals surface area contributed by atoms with Gasteiger partial charge in [0.05, 0.1) is 12.7 Å². The van der Waals surface area contributed by atoms with Crippen molar-refractivity contribution in [3.8, 4) is 5.75 Å². The Morgan fingerprint density at radius 3 is 2.72 bits per heavy atom. The molecule has 1 N–H and O–H groups in total. The van der Waals surface area contributed by atoms with Crippen LogP contribution in [0.1, 0.15) is 50.0 Å². The predicted octanol–water partition coefficient (Wildman–Crippen LogP) is 2.12. The molecule has 158 valence electrons. The van der Waals surface area contributed by atoms with E-state index < -0.39 is 23.1 Å². The van der Waals surface area contributed by atoms with Crippen LogP contribution >= 0.6 is 0 Å². The lowest BCUT2D eigenvalue weighted by molar-refractivity contribution is -0.586. The van der Waals surface area contributed by atoms with Crippen LogP contribution in [0.2, 0.25) is 0 Å².